The van der Waals surface area contributed by atoms with Gasteiger partial charge in [-0.3, -0.25) is 4.79 Å². The second-order valence-electron chi connectivity index (χ2n) is 4.70. The van der Waals surface area contributed by atoms with Crippen LogP contribution in [0.5, 0.6) is 0 Å². The molecule has 0 aromatic heterocycles. The van der Waals surface area contributed by atoms with Crippen LogP contribution in [0.2, 0.25) is 0 Å². The first kappa shape index (κ1) is 16.8. The van der Waals surface area contributed by atoms with Crippen molar-refractivity contribution in [3.05, 3.63) is 0 Å². The zero-order valence-electron chi connectivity index (χ0n) is 11.5. The first-order chi connectivity index (χ1) is 7.87. The molecule has 0 aromatic carbocycles. The van der Waals surface area contributed by atoms with E-state index in [2.05, 4.69) is 31.3 Å². The Hall–Kier alpha value is -0.160. The number of nitrogens with one attached hydrogen (secondary N) is 1. The van der Waals surface area contributed by atoms with Gasteiger partial charge in [-0.15, -0.1) is 0 Å². The van der Waals surface area contributed by atoms with E-state index in [1.165, 1.54) is 0 Å². The minimum atomic E-state index is 0.00939. The maximum Gasteiger partial charge on any atom is 0.240 e. The molecule has 0 aliphatic carbocycles. The molecule has 3 nitrogen and oxygen atoms in total. The van der Waals surface area contributed by atoms with Crippen LogP contribution in [0.15, 0.2) is 5.10 Å². The fourth-order valence-electron chi connectivity index (χ4n) is 1.16. The lowest BCUT2D eigenvalue weighted by atomic mass is 10.1. The molecule has 0 heterocycles. The minimum absolute atomic E-state index is 0.00939. The van der Waals surface area contributed by atoms with Crippen LogP contribution in [-0.2, 0) is 4.79 Å². The zero-order valence-corrected chi connectivity index (χ0v) is 13.1. The lowest BCUT2D eigenvalue weighted by molar-refractivity contribution is -0.121. The van der Waals surface area contributed by atoms with E-state index in [-0.39, 0.29) is 10.7 Å². The molecular formula is C12H24N2OS2. The van der Waals surface area contributed by atoms with E-state index in [1.807, 2.05) is 35.4 Å². The third kappa shape index (κ3) is 10.7. The molecular weight excluding hydrogens is 252 g/mol. The van der Waals surface area contributed by atoms with E-state index < -0.39 is 0 Å². The highest BCUT2D eigenvalue weighted by Gasteiger charge is 2.18. The van der Waals surface area contributed by atoms with Crippen LogP contribution in [0, 0.1) is 0 Å². The van der Waals surface area contributed by atoms with Gasteiger partial charge in [-0.05, 0) is 40.5 Å². The Bertz CT molecular complexity index is 261. The third-order valence-electron chi connectivity index (χ3n) is 1.99. The molecule has 0 radical (unpaired) electrons. The Kier molecular flexibility index (Phi) is 8.78. The summed E-state index contributed by atoms with van der Waals surface area (Å²) in [4.78, 5) is 11.4. The quantitative estimate of drug-likeness (QED) is 0.416. The van der Waals surface area contributed by atoms with Gasteiger partial charge in [-0.1, -0.05) is 28.5 Å². The van der Waals surface area contributed by atoms with E-state index in [0.717, 1.165) is 24.3 Å². The number of hydrazone groups is 1. The Morgan fingerprint density at radius 1 is 1.35 bits per heavy atom. The average molecular weight is 276 g/mol. The standard InChI is InChI=1S/C12H24N2OS2/c1-6-16-17-12(4,5)9-7-8-11(15)14-13-10(2)3/h6-9H2,1-5H3,(H,14,15). The van der Waals surface area contributed by atoms with Crippen LogP contribution in [0.4, 0.5) is 0 Å². The molecule has 0 unspecified atom stereocenters. The molecule has 0 saturated carbocycles. The Labute approximate surface area is 113 Å². The molecule has 1 N–H and O–H groups in total. The number of amides is 1. The number of carbonyl (C=O) groups excluding carboxylic acids is 1. The van der Waals surface area contributed by atoms with Crippen LogP contribution in [0.25, 0.3) is 0 Å². The largest absolute Gasteiger partial charge is 0.273 e. The van der Waals surface area contributed by atoms with Gasteiger partial charge in [0.15, 0.2) is 0 Å². The van der Waals surface area contributed by atoms with Crippen molar-refractivity contribution in [1.82, 2.24) is 5.43 Å². The molecule has 0 aromatic rings. The van der Waals surface area contributed by atoms with Crippen molar-refractivity contribution in [2.75, 3.05) is 5.75 Å². The fourth-order valence-corrected chi connectivity index (χ4v) is 3.39. The summed E-state index contributed by atoms with van der Waals surface area (Å²) in [6.45, 7) is 10.3. The molecule has 1 amide bonds. The summed E-state index contributed by atoms with van der Waals surface area (Å²) >= 11 is 0. The lowest BCUT2D eigenvalue weighted by Gasteiger charge is -2.22. The molecule has 0 saturated heterocycles. The molecule has 17 heavy (non-hydrogen) atoms. The second-order valence-corrected chi connectivity index (χ2v) is 7.99. The Morgan fingerprint density at radius 2 is 2.00 bits per heavy atom. The first-order valence-electron chi connectivity index (χ1n) is 5.98. The maximum atomic E-state index is 11.4. The summed E-state index contributed by atoms with van der Waals surface area (Å²) in [6, 6.07) is 0. The molecule has 0 spiro atoms. The Balaban J connectivity index is 3.75. The van der Waals surface area contributed by atoms with Gasteiger partial charge in [-0.25, -0.2) is 5.43 Å². The summed E-state index contributed by atoms with van der Waals surface area (Å²) in [5.41, 5.74) is 3.42. The number of hydrogen-bond donors (Lipinski definition) is 1. The number of rotatable bonds is 8. The summed E-state index contributed by atoms with van der Waals surface area (Å²) in [5.74, 6) is 1.13. The van der Waals surface area contributed by atoms with Gasteiger partial charge in [0.1, 0.15) is 0 Å². The van der Waals surface area contributed by atoms with Crippen LogP contribution < -0.4 is 5.43 Å². The van der Waals surface area contributed by atoms with Gasteiger partial charge in [0.25, 0.3) is 0 Å². The van der Waals surface area contributed by atoms with E-state index in [4.69, 9.17) is 0 Å². The Morgan fingerprint density at radius 3 is 2.53 bits per heavy atom. The van der Waals surface area contributed by atoms with Crippen molar-refractivity contribution in [2.45, 2.75) is 58.6 Å². The van der Waals surface area contributed by atoms with Gasteiger partial charge >= 0.3 is 0 Å². The highest BCUT2D eigenvalue weighted by Crippen LogP contribution is 2.38. The third-order valence-corrected chi connectivity index (χ3v) is 5.41. The van der Waals surface area contributed by atoms with E-state index in [1.54, 1.807) is 0 Å². The molecule has 0 fully saturated rings. The molecule has 5 heteroatoms. The van der Waals surface area contributed by atoms with Gasteiger partial charge in [0.05, 0.1) is 0 Å². The average Bonchev–Trinajstić information content (AvgIpc) is 2.23. The van der Waals surface area contributed by atoms with Gasteiger partial charge in [-0.2, -0.15) is 5.10 Å². The fraction of sp³-hybridized carbons (Fsp3) is 0.833. The topological polar surface area (TPSA) is 41.5 Å². The smallest absolute Gasteiger partial charge is 0.240 e. The molecule has 0 bridgehead atoms. The van der Waals surface area contributed by atoms with Gasteiger partial charge < -0.3 is 0 Å². The normalized spacial score (nSPS) is 11.1. The summed E-state index contributed by atoms with van der Waals surface area (Å²) in [7, 11) is 3.79. The van der Waals surface area contributed by atoms with Crippen LogP contribution in [0.3, 0.4) is 0 Å². The highest BCUT2D eigenvalue weighted by molar-refractivity contribution is 8.77. The lowest BCUT2D eigenvalue weighted by Crippen LogP contribution is -2.20. The van der Waals surface area contributed by atoms with E-state index >= 15 is 0 Å². The predicted octanol–water partition coefficient (Wildman–Crippen LogP) is 3.85. The zero-order chi connectivity index (χ0) is 13.3. The van der Waals surface area contributed by atoms with E-state index in [0.29, 0.717) is 6.42 Å². The monoisotopic (exact) mass is 276 g/mol. The predicted molar refractivity (Wildman–Crippen MR) is 80.6 cm³/mol. The SMILES string of the molecule is CCSSC(C)(C)CCCC(=O)NN=C(C)C. The summed E-state index contributed by atoms with van der Waals surface area (Å²) in [6.07, 6.45) is 2.51. The van der Waals surface area contributed by atoms with Crippen molar-refractivity contribution >= 4 is 33.2 Å². The van der Waals surface area contributed by atoms with Gasteiger partial charge in [0, 0.05) is 22.6 Å². The summed E-state index contributed by atoms with van der Waals surface area (Å²) < 4.78 is 0.241. The molecule has 100 valence electrons. The van der Waals surface area contributed by atoms with Crippen molar-refractivity contribution < 1.29 is 4.79 Å². The molecule has 0 aliphatic heterocycles. The van der Waals surface area contributed by atoms with Gasteiger partial charge in [0.2, 0.25) is 5.91 Å². The highest BCUT2D eigenvalue weighted by atomic mass is 33.1. The van der Waals surface area contributed by atoms with Crippen molar-refractivity contribution in [1.29, 1.82) is 0 Å². The number of nitrogens with zero attached hydrogens (tertiary/aromatic N) is 1. The number of carbonyl (C=O) groups is 1. The molecule has 0 aliphatic rings. The second kappa shape index (κ2) is 8.86. The first-order valence-corrected chi connectivity index (χ1v) is 8.29. The van der Waals surface area contributed by atoms with E-state index in [9.17, 15) is 4.79 Å². The minimum Gasteiger partial charge on any atom is -0.273 e. The van der Waals surface area contributed by atoms with Crippen LogP contribution in [-0.4, -0.2) is 22.1 Å². The summed E-state index contributed by atoms with van der Waals surface area (Å²) in [5, 5.41) is 3.90. The van der Waals surface area contributed by atoms with Crippen LogP contribution >= 0.6 is 21.6 Å². The number of hydrogen-bond acceptors (Lipinski definition) is 4. The molecule has 0 atom stereocenters. The van der Waals surface area contributed by atoms with Crippen molar-refractivity contribution in [3.8, 4) is 0 Å². The van der Waals surface area contributed by atoms with Crippen molar-refractivity contribution in [3.63, 3.8) is 0 Å². The van der Waals surface area contributed by atoms with Crippen molar-refractivity contribution in [2.24, 2.45) is 5.10 Å². The maximum absolute atomic E-state index is 11.4. The van der Waals surface area contributed by atoms with Crippen LogP contribution in [0.1, 0.15) is 53.9 Å². The molecule has 0 rings (SSSR count).